The molecule has 1 heterocycles. The second kappa shape index (κ2) is 6.12. The summed E-state index contributed by atoms with van der Waals surface area (Å²) in [7, 11) is 3.03. The first-order valence-corrected chi connectivity index (χ1v) is 7.30. The number of hydrogen-bond donors (Lipinski definition) is 0. The lowest BCUT2D eigenvalue weighted by Crippen LogP contribution is -2.03. The van der Waals surface area contributed by atoms with Crippen LogP contribution < -0.4 is 4.74 Å². The van der Waals surface area contributed by atoms with Crippen LogP contribution in [0, 0.1) is 6.92 Å². The van der Waals surface area contributed by atoms with Crippen LogP contribution in [0.5, 0.6) is 5.75 Å². The van der Waals surface area contributed by atoms with E-state index in [4.69, 9.17) is 9.47 Å². The van der Waals surface area contributed by atoms with Crippen LogP contribution in [-0.4, -0.2) is 29.7 Å². The number of carbonyl (C=O) groups excluding carboxylic acids is 1. The molecule has 0 aliphatic rings. The molecule has 0 saturated heterocycles. The predicted molar refractivity (Wildman–Crippen MR) is 87.9 cm³/mol. The summed E-state index contributed by atoms with van der Waals surface area (Å²) >= 11 is 0. The minimum atomic E-state index is -0.355. The number of nitrogens with zero attached hydrogens (tertiary/aromatic N) is 2. The van der Waals surface area contributed by atoms with Gasteiger partial charge in [-0.15, -0.1) is 0 Å². The van der Waals surface area contributed by atoms with E-state index >= 15 is 0 Å². The van der Waals surface area contributed by atoms with Crippen LogP contribution in [-0.2, 0) is 11.3 Å². The smallest absolute Gasteiger partial charge is 0.337 e. The van der Waals surface area contributed by atoms with E-state index in [1.54, 1.807) is 19.2 Å². The third-order valence-corrected chi connectivity index (χ3v) is 3.84. The van der Waals surface area contributed by atoms with E-state index in [0.717, 1.165) is 28.2 Å². The Hall–Kier alpha value is -2.82. The highest BCUT2D eigenvalue weighted by Crippen LogP contribution is 2.21. The minimum Gasteiger partial charge on any atom is -0.497 e. The van der Waals surface area contributed by atoms with Crippen molar-refractivity contribution in [2.45, 2.75) is 13.5 Å². The minimum absolute atomic E-state index is 0.355. The van der Waals surface area contributed by atoms with Crippen molar-refractivity contribution in [2.75, 3.05) is 14.2 Å². The highest BCUT2D eigenvalue weighted by molar-refractivity contribution is 5.93. The quantitative estimate of drug-likeness (QED) is 0.695. The van der Waals surface area contributed by atoms with Crippen molar-refractivity contribution in [3.63, 3.8) is 0 Å². The molecule has 0 aliphatic carbocycles. The van der Waals surface area contributed by atoms with Gasteiger partial charge in [0.1, 0.15) is 11.6 Å². The molecular weight excluding hydrogens is 292 g/mol. The maximum Gasteiger partial charge on any atom is 0.337 e. The maximum atomic E-state index is 11.6. The first-order valence-electron chi connectivity index (χ1n) is 7.30. The summed E-state index contributed by atoms with van der Waals surface area (Å²) in [4.78, 5) is 16.2. The van der Waals surface area contributed by atoms with E-state index in [0.29, 0.717) is 12.1 Å². The summed E-state index contributed by atoms with van der Waals surface area (Å²) in [6, 6.07) is 13.4. The average molecular weight is 310 g/mol. The van der Waals surface area contributed by atoms with Crippen LogP contribution >= 0.6 is 0 Å². The van der Waals surface area contributed by atoms with Gasteiger partial charge in [0, 0.05) is 6.54 Å². The molecule has 3 rings (SSSR count). The Morgan fingerprint density at radius 2 is 2.00 bits per heavy atom. The second-order valence-corrected chi connectivity index (χ2v) is 5.29. The van der Waals surface area contributed by atoms with Gasteiger partial charge < -0.3 is 14.0 Å². The highest BCUT2D eigenvalue weighted by atomic mass is 16.5. The molecule has 0 N–H and O–H groups in total. The Kier molecular flexibility index (Phi) is 4.02. The first-order chi connectivity index (χ1) is 11.1. The number of rotatable bonds is 4. The predicted octanol–water partition coefficient (Wildman–Crippen LogP) is 3.19. The molecule has 0 radical (unpaired) electrons. The molecule has 0 amide bonds. The number of aryl methyl sites for hydroxylation is 1. The topological polar surface area (TPSA) is 53.3 Å². The van der Waals surface area contributed by atoms with Gasteiger partial charge in [-0.3, -0.25) is 0 Å². The van der Waals surface area contributed by atoms with E-state index in [1.807, 2.05) is 31.2 Å². The van der Waals surface area contributed by atoms with Crippen LogP contribution in [0.3, 0.4) is 0 Å². The van der Waals surface area contributed by atoms with Crippen molar-refractivity contribution in [2.24, 2.45) is 0 Å². The van der Waals surface area contributed by atoms with Crippen LogP contribution in [0.4, 0.5) is 0 Å². The van der Waals surface area contributed by atoms with Crippen LogP contribution in [0.1, 0.15) is 21.7 Å². The number of fused-ring (bicyclic) bond motifs is 1. The van der Waals surface area contributed by atoms with Gasteiger partial charge in [0.25, 0.3) is 0 Å². The van der Waals surface area contributed by atoms with Crippen molar-refractivity contribution in [3.8, 4) is 5.75 Å². The standard InChI is InChI=1S/C18H18N2O3/c1-12-19-16-10-14(18(21)23-3)7-8-17(16)20(12)11-13-5-4-6-15(9-13)22-2/h4-10H,11H2,1-3H3. The molecule has 5 nitrogen and oxygen atoms in total. The van der Waals surface area contributed by atoms with Crippen molar-refractivity contribution in [1.82, 2.24) is 9.55 Å². The second-order valence-electron chi connectivity index (χ2n) is 5.29. The first kappa shape index (κ1) is 15.1. The number of esters is 1. The Morgan fingerprint density at radius 3 is 2.74 bits per heavy atom. The van der Waals surface area contributed by atoms with E-state index in [-0.39, 0.29) is 5.97 Å². The lowest BCUT2D eigenvalue weighted by atomic mass is 10.2. The molecule has 0 fully saturated rings. The summed E-state index contributed by atoms with van der Waals surface area (Å²) in [6.07, 6.45) is 0. The molecule has 23 heavy (non-hydrogen) atoms. The fourth-order valence-electron chi connectivity index (χ4n) is 2.65. The van der Waals surface area contributed by atoms with Gasteiger partial charge >= 0.3 is 5.97 Å². The summed E-state index contributed by atoms with van der Waals surface area (Å²) in [6.45, 7) is 2.65. The summed E-state index contributed by atoms with van der Waals surface area (Å²) in [5.74, 6) is 1.37. The van der Waals surface area contributed by atoms with E-state index < -0.39 is 0 Å². The fraction of sp³-hybridized carbons (Fsp3) is 0.222. The number of hydrogen-bond acceptors (Lipinski definition) is 4. The molecule has 0 atom stereocenters. The Labute approximate surface area is 134 Å². The molecule has 0 unspecified atom stereocenters. The molecule has 5 heteroatoms. The van der Waals surface area contributed by atoms with Crippen molar-refractivity contribution < 1.29 is 14.3 Å². The monoisotopic (exact) mass is 310 g/mol. The lowest BCUT2D eigenvalue weighted by molar-refractivity contribution is 0.0601. The van der Waals surface area contributed by atoms with Crippen LogP contribution in [0.2, 0.25) is 0 Å². The molecule has 2 aromatic carbocycles. The summed E-state index contributed by atoms with van der Waals surface area (Å²) in [5, 5.41) is 0. The summed E-state index contributed by atoms with van der Waals surface area (Å²) in [5.41, 5.74) is 3.40. The van der Waals surface area contributed by atoms with E-state index in [1.165, 1.54) is 7.11 Å². The van der Waals surface area contributed by atoms with Gasteiger partial charge in [-0.1, -0.05) is 12.1 Å². The number of ether oxygens (including phenoxy) is 2. The van der Waals surface area contributed by atoms with Gasteiger partial charge in [0.05, 0.1) is 30.8 Å². The van der Waals surface area contributed by atoms with E-state index in [2.05, 4.69) is 15.6 Å². The molecule has 0 saturated carbocycles. The van der Waals surface area contributed by atoms with E-state index in [9.17, 15) is 4.79 Å². The zero-order chi connectivity index (χ0) is 16.4. The maximum absolute atomic E-state index is 11.6. The Bertz CT molecular complexity index is 868. The van der Waals surface area contributed by atoms with Gasteiger partial charge in [-0.25, -0.2) is 9.78 Å². The number of carbonyl (C=O) groups is 1. The fourth-order valence-corrected chi connectivity index (χ4v) is 2.65. The van der Waals surface area contributed by atoms with Crippen molar-refractivity contribution >= 4 is 17.0 Å². The molecule has 0 aliphatic heterocycles. The molecule has 3 aromatic rings. The summed E-state index contributed by atoms with van der Waals surface area (Å²) < 4.78 is 12.1. The number of methoxy groups -OCH3 is 2. The largest absolute Gasteiger partial charge is 0.497 e. The molecule has 0 spiro atoms. The molecule has 118 valence electrons. The Balaban J connectivity index is 2.00. The Morgan fingerprint density at radius 1 is 1.17 bits per heavy atom. The SMILES string of the molecule is COC(=O)c1ccc2c(c1)nc(C)n2Cc1cccc(OC)c1. The number of aromatic nitrogens is 2. The van der Waals surface area contributed by atoms with Crippen molar-refractivity contribution in [1.29, 1.82) is 0 Å². The molecule has 0 bridgehead atoms. The third kappa shape index (κ3) is 2.90. The average Bonchev–Trinajstić information content (AvgIpc) is 2.89. The van der Waals surface area contributed by atoms with Gasteiger partial charge in [0.2, 0.25) is 0 Å². The third-order valence-electron chi connectivity index (χ3n) is 3.84. The zero-order valence-corrected chi connectivity index (χ0v) is 13.4. The van der Waals surface area contributed by atoms with Gasteiger partial charge in [-0.05, 0) is 42.8 Å². The molecule has 1 aromatic heterocycles. The highest BCUT2D eigenvalue weighted by Gasteiger charge is 2.12. The van der Waals surface area contributed by atoms with Crippen LogP contribution in [0.15, 0.2) is 42.5 Å². The van der Waals surface area contributed by atoms with Crippen LogP contribution in [0.25, 0.3) is 11.0 Å². The number of imidazole rings is 1. The van der Waals surface area contributed by atoms with Gasteiger partial charge in [-0.2, -0.15) is 0 Å². The zero-order valence-electron chi connectivity index (χ0n) is 13.4. The molecular formula is C18H18N2O3. The normalized spacial score (nSPS) is 10.7. The van der Waals surface area contributed by atoms with Gasteiger partial charge in [0.15, 0.2) is 0 Å². The van der Waals surface area contributed by atoms with Crippen molar-refractivity contribution in [3.05, 3.63) is 59.4 Å². The number of benzene rings is 2. The lowest BCUT2D eigenvalue weighted by Gasteiger charge is -2.09.